The number of hydrogen-bond acceptors (Lipinski definition) is 24. The molecule has 11 N–H and O–H groups in total. The van der Waals surface area contributed by atoms with Crippen molar-refractivity contribution in [2.45, 2.75) is 105 Å². The zero-order chi connectivity index (χ0) is 51.4. The maximum atomic E-state index is 13.1. The molecule has 3 fully saturated rings. The van der Waals surface area contributed by atoms with Gasteiger partial charge in [-0.15, -0.1) is 0 Å². The van der Waals surface area contributed by atoms with Gasteiger partial charge in [-0.1, -0.05) is 6.07 Å². The lowest BCUT2D eigenvalue weighted by atomic mass is 9.97. The van der Waals surface area contributed by atoms with Crippen molar-refractivity contribution in [3.63, 3.8) is 0 Å². The molecule has 15 atom stereocenters. The largest absolute Gasteiger partial charge is 0.508 e. The minimum absolute atomic E-state index is 0.123. The van der Waals surface area contributed by atoms with Crippen molar-refractivity contribution in [1.82, 2.24) is 0 Å². The van der Waals surface area contributed by atoms with E-state index in [1.807, 2.05) is 0 Å². The van der Waals surface area contributed by atoms with Crippen LogP contribution in [0.25, 0.3) is 28.7 Å². The van der Waals surface area contributed by atoms with Gasteiger partial charge in [0.05, 0.1) is 18.8 Å². The first-order valence-electron chi connectivity index (χ1n) is 21.6. The van der Waals surface area contributed by atoms with Crippen molar-refractivity contribution in [1.29, 1.82) is 0 Å². The minimum Gasteiger partial charge on any atom is -0.508 e. The number of rotatable bonds is 16. The molecular weight excluding hydrogens is 952 g/mol. The smallest absolute Gasteiger partial charge is 0.330 e. The Hall–Kier alpha value is -6.46. The highest BCUT2D eigenvalue weighted by Gasteiger charge is 2.52. The van der Waals surface area contributed by atoms with E-state index < -0.39 is 141 Å². The summed E-state index contributed by atoms with van der Waals surface area (Å²) in [7, 11) is 1.33. The van der Waals surface area contributed by atoms with Crippen molar-refractivity contribution >= 4 is 24.0 Å². The number of aromatic hydroxyl groups is 2. The third kappa shape index (κ3) is 12.0. The number of phenolic OH excluding ortho intramolecular Hbond substituents is 2. The highest BCUT2D eigenvalue weighted by Crippen LogP contribution is 2.43. The van der Waals surface area contributed by atoms with Gasteiger partial charge in [0, 0.05) is 23.8 Å². The molecule has 7 rings (SSSR count). The van der Waals surface area contributed by atoms with Crippen LogP contribution in [0.4, 0.5) is 0 Å². The Kier molecular flexibility index (Phi) is 16.5. The maximum Gasteiger partial charge on any atom is 0.330 e. The van der Waals surface area contributed by atoms with E-state index in [4.69, 9.17) is 52.2 Å². The molecule has 25 heteroatoms. The molecule has 71 heavy (non-hydrogen) atoms. The van der Waals surface area contributed by atoms with Crippen molar-refractivity contribution in [2.75, 3.05) is 20.3 Å². The summed E-state index contributed by atoms with van der Waals surface area (Å²) in [5.74, 6) is -5.05. The summed E-state index contributed by atoms with van der Waals surface area (Å²) in [6.07, 6.45) is -25.8. The molecule has 0 bridgehead atoms. The second-order valence-electron chi connectivity index (χ2n) is 16.5. The van der Waals surface area contributed by atoms with Crippen LogP contribution in [-0.4, -0.2) is 187 Å². The predicted octanol–water partition coefficient (Wildman–Crippen LogP) is -1.67. The number of esters is 2. The molecule has 4 aliphatic heterocycles. The monoisotopic (exact) mass is 1000 g/mol. The van der Waals surface area contributed by atoms with E-state index in [2.05, 4.69) is 0 Å². The summed E-state index contributed by atoms with van der Waals surface area (Å²) < 4.78 is 57.1. The number of fused-ring (bicyclic) bond motifs is 1. The van der Waals surface area contributed by atoms with Gasteiger partial charge in [-0.25, -0.2) is 4.79 Å². The third-order valence-electron chi connectivity index (χ3n) is 11.5. The van der Waals surface area contributed by atoms with Gasteiger partial charge in [0.25, 0.3) is 0 Å². The first-order chi connectivity index (χ1) is 33.7. The van der Waals surface area contributed by atoms with Crippen molar-refractivity contribution in [3.05, 3.63) is 82.5 Å². The van der Waals surface area contributed by atoms with Crippen molar-refractivity contribution < 1.29 is 118 Å². The van der Waals surface area contributed by atoms with Gasteiger partial charge in [0.2, 0.25) is 12.6 Å². The lowest BCUT2D eigenvalue weighted by molar-refractivity contribution is -0.354. The molecule has 2 aromatic carbocycles. The predicted molar refractivity (Wildman–Crippen MR) is 232 cm³/mol. The number of carbonyl (C=O) groups excluding carboxylic acids is 2. The van der Waals surface area contributed by atoms with E-state index in [9.17, 15) is 70.2 Å². The zero-order valence-electron chi connectivity index (χ0n) is 37.3. The molecule has 0 spiro atoms. The molecule has 25 nitrogen and oxygen atoms in total. The number of ether oxygens (including phenoxy) is 9. The fourth-order valence-electron chi connectivity index (χ4n) is 7.65. The average molecular weight is 1000 g/mol. The lowest BCUT2D eigenvalue weighted by Crippen LogP contribution is -2.64. The molecule has 4 heterocycles. The summed E-state index contributed by atoms with van der Waals surface area (Å²) in [5, 5.41) is 116. The highest BCUT2D eigenvalue weighted by molar-refractivity contribution is 5.90. The normalized spacial score (nSPS) is 30.9. The molecule has 0 radical (unpaired) electrons. The van der Waals surface area contributed by atoms with Crippen LogP contribution in [0.5, 0.6) is 28.7 Å². The first kappa shape index (κ1) is 52.4. The fourth-order valence-corrected chi connectivity index (χ4v) is 7.65. The number of benzene rings is 3. The van der Waals surface area contributed by atoms with Gasteiger partial charge in [-0.2, -0.15) is 0 Å². The Morgan fingerprint density at radius 1 is 0.662 bits per heavy atom. The lowest BCUT2D eigenvalue weighted by Gasteiger charge is -2.45. The standard InChI is InChI=1S/C46H50O25/c1-18-34(54)37(57)40(60)44(65-18)71-43-39(59)36(56)30(16-63-32(52)10-4-19-3-9-24(49)27(11-19)62-2)70-46(43)68-28-14-23-25(66-42(28)20-5-7-21(47)8-6-20)12-22(48)13-26(23)67-45-41(61)38(58)35(55)29(69-45)17-64-33(53)15-31(50)51/h3-14,18,29-30,34-41,43-47,49,54-61H,15-17H2,1-2H3,(H,50,51)/t18-,29+,30+,34-,35+,36+,37+,38-,39-,40+,41+,43+,44-,45+,46+/m0/s1. The van der Waals surface area contributed by atoms with Crippen LogP contribution in [-0.2, 0) is 42.8 Å². The van der Waals surface area contributed by atoms with E-state index in [1.165, 1.54) is 68.6 Å². The second-order valence-corrected chi connectivity index (χ2v) is 16.5. The van der Waals surface area contributed by atoms with Crippen molar-refractivity contribution in [2.24, 2.45) is 0 Å². The Balaban J connectivity index is 1.24. The minimum atomic E-state index is -2.04. The number of carboxylic acid groups (broad SMARTS) is 1. The van der Waals surface area contributed by atoms with Crippen molar-refractivity contribution in [3.8, 4) is 51.4 Å². The zero-order valence-corrected chi connectivity index (χ0v) is 37.3. The number of aliphatic hydroxyl groups excluding tert-OH is 8. The van der Waals surface area contributed by atoms with Crippen LogP contribution < -0.4 is 19.6 Å². The summed E-state index contributed by atoms with van der Waals surface area (Å²) in [4.78, 5) is 49.0. The number of methoxy groups -OCH3 is 1. The van der Waals surface area contributed by atoms with Crippen LogP contribution in [0, 0.1) is 0 Å². The van der Waals surface area contributed by atoms with Gasteiger partial charge in [-0.3, -0.25) is 14.4 Å². The highest BCUT2D eigenvalue weighted by atomic mass is 16.8. The Labute approximate surface area is 400 Å². The Morgan fingerprint density at radius 3 is 1.99 bits per heavy atom. The molecule has 3 saturated heterocycles. The number of carbonyl (C=O) groups is 3. The van der Waals surface area contributed by atoms with E-state index >= 15 is 0 Å². The average Bonchev–Trinajstić information content (AvgIpc) is 3.33. The molecule has 0 aromatic heterocycles. The van der Waals surface area contributed by atoms with Crippen LogP contribution in [0.15, 0.2) is 76.0 Å². The van der Waals surface area contributed by atoms with Gasteiger partial charge in [-0.05, 0) is 61.0 Å². The van der Waals surface area contributed by atoms with E-state index in [1.54, 1.807) is 0 Å². The molecule has 0 unspecified atom stereocenters. The van der Waals surface area contributed by atoms with Crippen LogP contribution in [0.2, 0.25) is 0 Å². The summed E-state index contributed by atoms with van der Waals surface area (Å²) >= 11 is 0. The number of aliphatic hydroxyl groups is 8. The number of phenols is 2. The van der Waals surface area contributed by atoms with Crippen LogP contribution in [0.3, 0.4) is 0 Å². The number of aliphatic carboxylic acids is 1. The van der Waals surface area contributed by atoms with Gasteiger partial charge in [0.1, 0.15) is 97.9 Å². The van der Waals surface area contributed by atoms with Crippen LogP contribution >= 0.6 is 0 Å². The number of carboxylic acids is 1. The quantitative estimate of drug-likeness (QED) is 0.0340. The summed E-state index contributed by atoms with van der Waals surface area (Å²) in [6, 6.07) is 12.7. The van der Waals surface area contributed by atoms with E-state index in [-0.39, 0.29) is 45.6 Å². The fraction of sp³-hybridized carbons (Fsp3) is 0.435. The third-order valence-corrected chi connectivity index (χ3v) is 11.5. The molecule has 0 amide bonds. The summed E-state index contributed by atoms with van der Waals surface area (Å²) in [5.41, 5.74) is -0.261. The van der Waals surface area contributed by atoms with Crippen LogP contribution in [0.1, 0.15) is 18.9 Å². The topological polar surface area (TPSA) is 387 Å². The molecule has 5 aliphatic rings. The molecule has 384 valence electrons. The SMILES string of the molecule is COc1cc(C=CC(=O)OC[C@H]2O[C@@H](Oc3cc4c(O[C@@H]5O[C@H](COC(=O)CC(=O)O)[C@@H](O)[C@H](O)[C@H]5O)cc(=O)cc-4oc3-c3ccc(O)cc3)[C@H](O[C@@H]3O[C@@H](C)[C@H](O)[C@@H](O)[C@H]3O)[C@@H](O)[C@@H]2O)ccc1O. The second kappa shape index (κ2) is 22.3. The Morgan fingerprint density at radius 2 is 1.30 bits per heavy atom. The van der Waals surface area contributed by atoms with E-state index in [0.29, 0.717) is 5.56 Å². The number of hydrogen-bond donors (Lipinski definition) is 11. The van der Waals surface area contributed by atoms with Gasteiger partial charge in [0.15, 0.2) is 40.8 Å². The van der Waals surface area contributed by atoms with Gasteiger partial charge < -0.3 is 103 Å². The molecular formula is C46H50O25. The summed E-state index contributed by atoms with van der Waals surface area (Å²) in [6.45, 7) is -0.186. The molecule has 2 aromatic rings. The molecule has 1 aliphatic carbocycles. The van der Waals surface area contributed by atoms with E-state index in [0.717, 1.165) is 18.2 Å². The molecule has 0 saturated carbocycles. The Bertz CT molecular complexity index is 2560. The van der Waals surface area contributed by atoms with Gasteiger partial charge >= 0.3 is 17.9 Å². The first-order valence-corrected chi connectivity index (χ1v) is 21.6. The maximum absolute atomic E-state index is 13.1.